The summed E-state index contributed by atoms with van der Waals surface area (Å²) < 4.78 is 28.2. The minimum atomic E-state index is -2.85. The first-order valence-electron chi connectivity index (χ1n) is 6.80. The number of aromatic nitrogens is 2. The fraction of sp³-hybridized carbons (Fsp3) is 0.833. The van der Waals surface area contributed by atoms with Crippen LogP contribution < -0.4 is 0 Å². The summed E-state index contributed by atoms with van der Waals surface area (Å²) in [6.45, 7) is 5.44. The molecule has 1 aliphatic heterocycles. The summed E-state index contributed by atoms with van der Waals surface area (Å²) >= 11 is 0. The van der Waals surface area contributed by atoms with E-state index in [0.29, 0.717) is 30.4 Å². The molecule has 1 aromatic rings. The van der Waals surface area contributed by atoms with Crippen molar-refractivity contribution >= 4 is 9.84 Å². The summed E-state index contributed by atoms with van der Waals surface area (Å²) in [5, 5.41) is 3.95. The molecule has 0 amide bonds. The van der Waals surface area contributed by atoms with E-state index in [4.69, 9.17) is 4.52 Å². The highest BCUT2D eigenvalue weighted by molar-refractivity contribution is 7.91. The zero-order chi connectivity index (χ0) is 13.9. The van der Waals surface area contributed by atoms with Gasteiger partial charge in [-0.25, -0.2) is 8.42 Å². The van der Waals surface area contributed by atoms with Crippen molar-refractivity contribution in [2.75, 3.05) is 18.1 Å². The van der Waals surface area contributed by atoms with E-state index in [1.165, 1.54) is 0 Å². The lowest BCUT2D eigenvalue weighted by atomic mass is 10.2. The molecule has 2 heterocycles. The van der Waals surface area contributed by atoms with Crippen molar-refractivity contribution in [2.45, 2.75) is 45.7 Å². The molecule has 1 saturated heterocycles. The van der Waals surface area contributed by atoms with Crippen LogP contribution >= 0.6 is 0 Å². The lowest BCUT2D eigenvalue weighted by molar-refractivity contribution is 0.206. The lowest BCUT2D eigenvalue weighted by Crippen LogP contribution is -2.35. The van der Waals surface area contributed by atoms with Crippen LogP contribution in [0.1, 0.15) is 38.4 Å². The maximum absolute atomic E-state index is 11.5. The van der Waals surface area contributed by atoms with Gasteiger partial charge in [0.1, 0.15) is 0 Å². The molecule has 0 aliphatic carbocycles. The standard InChI is InChI=1S/C12H21N3O3S/c1-3-5-12-13-11(14-18-12)8-15(4-2)10-6-7-19(16,17)9-10/h10H,3-9H2,1-2H3. The van der Waals surface area contributed by atoms with Crippen LogP contribution in [-0.2, 0) is 22.8 Å². The highest BCUT2D eigenvalue weighted by Gasteiger charge is 2.32. The first kappa shape index (κ1) is 14.5. The van der Waals surface area contributed by atoms with Gasteiger partial charge in [-0.3, -0.25) is 4.90 Å². The van der Waals surface area contributed by atoms with Crippen LogP contribution in [0.5, 0.6) is 0 Å². The van der Waals surface area contributed by atoms with Crippen molar-refractivity contribution < 1.29 is 12.9 Å². The van der Waals surface area contributed by atoms with E-state index >= 15 is 0 Å². The molecule has 6 nitrogen and oxygen atoms in total. The molecule has 108 valence electrons. The second-order valence-electron chi connectivity index (χ2n) is 4.97. The Morgan fingerprint density at radius 3 is 2.79 bits per heavy atom. The largest absolute Gasteiger partial charge is 0.339 e. The molecule has 1 aromatic heterocycles. The molecule has 1 fully saturated rings. The van der Waals surface area contributed by atoms with Gasteiger partial charge in [0.2, 0.25) is 5.89 Å². The summed E-state index contributed by atoms with van der Waals surface area (Å²) in [5.41, 5.74) is 0. The Morgan fingerprint density at radius 1 is 1.42 bits per heavy atom. The molecule has 1 unspecified atom stereocenters. The summed E-state index contributed by atoms with van der Waals surface area (Å²) in [6, 6.07) is 0.0862. The number of rotatable bonds is 6. The smallest absolute Gasteiger partial charge is 0.226 e. The third kappa shape index (κ3) is 3.76. The normalized spacial score (nSPS) is 22.2. The number of nitrogens with zero attached hydrogens (tertiary/aromatic N) is 3. The van der Waals surface area contributed by atoms with E-state index in [1.807, 2.05) is 6.92 Å². The fourth-order valence-corrected chi connectivity index (χ4v) is 4.18. The predicted octanol–water partition coefficient (Wildman–Crippen LogP) is 1.03. The fourth-order valence-electron chi connectivity index (χ4n) is 2.41. The second kappa shape index (κ2) is 6.00. The van der Waals surface area contributed by atoms with E-state index in [2.05, 4.69) is 22.0 Å². The van der Waals surface area contributed by atoms with Gasteiger partial charge in [0.05, 0.1) is 18.1 Å². The average Bonchev–Trinajstić information content (AvgIpc) is 2.93. The topological polar surface area (TPSA) is 76.3 Å². The third-order valence-electron chi connectivity index (χ3n) is 3.45. The van der Waals surface area contributed by atoms with Gasteiger partial charge in [0.15, 0.2) is 15.7 Å². The van der Waals surface area contributed by atoms with Crippen molar-refractivity contribution in [3.05, 3.63) is 11.7 Å². The van der Waals surface area contributed by atoms with Crippen LogP contribution in [0.25, 0.3) is 0 Å². The molecule has 0 radical (unpaired) electrons. The Bertz CT molecular complexity index is 512. The summed E-state index contributed by atoms with van der Waals surface area (Å²) in [5.74, 6) is 1.85. The van der Waals surface area contributed by atoms with Gasteiger partial charge in [0.25, 0.3) is 0 Å². The molecule has 0 bridgehead atoms. The predicted molar refractivity (Wildman–Crippen MR) is 71.4 cm³/mol. The maximum atomic E-state index is 11.5. The highest BCUT2D eigenvalue weighted by atomic mass is 32.2. The van der Waals surface area contributed by atoms with E-state index in [1.54, 1.807) is 0 Å². The summed E-state index contributed by atoms with van der Waals surface area (Å²) in [6.07, 6.45) is 2.47. The summed E-state index contributed by atoms with van der Waals surface area (Å²) in [4.78, 5) is 6.44. The van der Waals surface area contributed by atoms with Gasteiger partial charge in [-0.05, 0) is 19.4 Å². The second-order valence-corrected chi connectivity index (χ2v) is 7.20. The van der Waals surface area contributed by atoms with Gasteiger partial charge in [-0.15, -0.1) is 0 Å². The maximum Gasteiger partial charge on any atom is 0.226 e. The minimum absolute atomic E-state index is 0.0862. The molecule has 7 heteroatoms. The Hall–Kier alpha value is -0.950. The first-order chi connectivity index (χ1) is 9.04. The Morgan fingerprint density at radius 2 is 2.21 bits per heavy atom. The van der Waals surface area contributed by atoms with E-state index in [-0.39, 0.29) is 11.8 Å². The molecule has 1 aliphatic rings. The lowest BCUT2D eigenvalue weighted by Gasteiger charge is -2.24. The number of hydrogen-bond acceptors (Lipinski definition) is 6. The molecule has 0 spiro atoms. The van der Waals surface area contributed by atoms with Crippen molar-refractivity contribution in [1.29, 1.82) is 0 Å². The van der Waals surface area contributed by atoms with E-state index < -0.39 is 9.84 Å². The molecule has 2 rings (SSSR count). The number of hydrogen-bond donors (Lipinski definition) is 0. The number of sulfone groups is 1. The Kier molecular flexibility index (Phi) is 4.57. The Labute approximate surface area is 114 Å². The quantitative estimate of drug-likeness (QED) is 0.778. The van der Waals surface area contributed by atoms with Crippen molar-refractivity contribution in [2.24, 2.45) is 0 Å². The van der Waals surface area contributed by atoms with Crippen molar-refractivity contribution in [3.63, 3.8) is 0 Å². The van der Waals surface area contributed by atoms with Crippen LogP contribution in [0.15, 0.2) is 4.52 Å². The molecule has 0 saturated carbocycles. The zero-order valence-electron chi connectivity index (χ0n) is 11.5. The molecule has 1 atom stereocenters. The van der Waals surface area contributed by atoms with Crippen LogP contribution in [0.2, 0.25) is 0 Å². The van der Waals surface area contributed by atoms with Gasteiger partial charge < -0.3 is 4.52 Å². The van der Waals surface area contributed by atoms with Crippen LogP contribution in [0.4, 0.5) is 0 Å². The van der Waals surface area contributed by atoms with E-state index in [0.717, 1.165) is 19.4 Å². The molecule has 19 heavy (non-hydrogen) atoms. The van der Waals surface area contributed by atoms with Crippen LogP contribution in [0, 0.1) is 0 Å². The molecule has 0 N–H and O–H groups in total. The van der Waals surface area contributed by atoms with E-state index in [9.17, 15) is 8.42 Å². The summed E-state index contributed by atoms with van der Waals surface area (Å²) in [7, 11) is -2.85. The first-order valence-corrected chi connectivity index (χ1v) is 8.62. The average molecular weight is 287 g/mol. The monoisotopic (exact) mass is 287 g/mol. The third-order valence-corrected chi connectivity index (χ3v) is 5.20. The van der Waals surface area contributed by atoms with Crippen molar-refractivity contribution in [3.8, 4) is 0 Å². The molecular weight excluding hydrogens is 266 g/mol. The van der Waals surface area contributed by atoms with Crippen LogP contribution in [-0.4, -0.2) is 47.6 Å². The molecule has 0 aromatic carbocycles. The van der Waals surface area contributed by atoms with Gasteiger partial charge >= 0.3 is 0 Å². The minimum Gasteiger partial charge on any atom is -0.339 e. The highest BCUT2D eigenvalue weighted by Crippen LogP contribution is 2.19. The number of aryl methyl sites for hydroxylation is 1. The van der Waals surface area contributed by atoms with Gasteiger partial charge in [-0.2, -0.15) is 4.98 Å². The van der Waals surface area contributed by atoms with Gasteiger partial charge in [-0.1, -0.05) is 19.0 Å². The Balaban J connectivity index is 1.98. The van der Waals surface area contributed by atoms with Gasteiger partial charge in [0, 0.05) is 12.5 Å². The van der Waals surface area contributed by atoms with Crippen molar-refractivity contribution in [1.82, 2.24) is 15.0 Å². The molecular formula is C12H21N3O3S. The van der Waals surface area contributed by atoms with Crippen LogP contribution in [0.3, 0.4) is 0 Å². The SMILES string of the molecule is CCCc1nc(CN(CC)C2CCS(=O)(=O)C2)no1. The zero-order valence-corrected chi connectivity index (χ0v) is 12.3.